The van der Waals surface area contributed by atoms with Crippen LogP contribution in [0.2, 0.25) is 0 Å². The van der Waals surface area contributed by atoms with Crippen LogP contribution in [-0.2, 0) is 16.6 Å². The lowest BCUT2D eigenvalue weighted by Crippen LogP contribution is -2.16. The zero-order valence-corrected chi connectivity index (χ0v) is 13.7. The topological polar surface area (TPSA) is 96.9 Å². The summed E-state index contributed by atoms with van der Waals surface area (Å²) in [6.45, 7) is 7.00. The van der Waals surface area contributed by atoms with Crippen molar-refractivity contribution in [2.45, 2.75) is 32.2 Å². The van der Waals surface area contributed by atoms with Crippen LogP contribution in [0.5, 0.6) is 0 Å². The maximum atomic E-state index is 12.3. The average molecular weight is 327 g/mol. The molecule has 0 fully saturated rings. The highest BCUT2D eigenvalue weighted by atomic mass is 32.2. The van der Waals surface area contributed by atoms with Crippen LogP contribution in [-0.4, -0.2) is 30.1 Å². The van der Waals surface area contributed by atoms with Gasteiger partial charge in [0.05, 0.1) is 16.3 Å². The predicted octanol–water partition coefficient (Wildman–Crippen LogP) is 1.46. The Hall–Kier alpha value is -1.58. The lowest BCUT2D eigenvalue weighted by Gasteiger charge is -2.05. The van der Waals surface area contributed by atoms with Crippen LogP contribution in [0.1, 0.15) is 23.2 Å². The molecule has 2 N–H and O–H groups in total. The number of aryl methyl sites for hydroxylation is 2. The van der Waals surface area contributed by atoms with Gasteiger partial charge in [0.2, 0.25) is 0 Å². The number of hydrogen-bond donors (Lipinski definition) is 2. The second-order valence-electron chi connectivity index (χ2n) is 4.44. The maximum absolute atomic E-state index is 12.3. The van der Waals surface area contributed by atoms with Gasteiger partial charge in [0.1, 0.15) is 0 Å². The van der Waals surface area contributed by atoms with Crippen molar-refractivity contribution in [3.05, 3.63) is 27.7 Å². The number of thiophene rings is 1. The van der Waals surface area contributed by atoms with Gasteiger partial charge in [0.25, 0.3) is 16.0 Å². The summed E-state index contributed by atoms with van der Waals surface area (Å²) in [7, 11) is -3.68. The summed E-state index contributed by atoms with van der Waals surface area (Å²) >= 11 is 1.39. The molecule has 2 rings (SSSR count). The second-order valence-corrected chi connectivity index (χ2v) is 7.12. The van der Waals surface area contributed by atoms with E-state index in [-0.39, 0.29) is 10.8 Å². The van der Waals surface area contributed by atoms with Crippen LogP contribution in [0.4, 0.5) is 5.95 Å². The monoisotopic (exact) mass is 327 g/mol. The van der Waals surface area contributed by atoms with E-state index in [1.165, 1.54) is 11.3 Å². The van der Waals surface area contributed by atoms with Crippen LogP contribution in [0.15, 0.2) is 16.3 Å². The maximum Gasteiger partial charge on any atom is 0.265 e. The number of hydrogen-bond acceptors (Lipinski definition) is 7. The Balaban J connectivity index is 2.17. The molecule has 0 aliphatic heterocycles. The molecule has 0 amide bonds. The number of nitrogens with zero attached hydrogens (tertiary/aromatic N) is 3. The van der Waals surface area contributed by atoms with E-state index in [4.69, 9.17) is 0 Å². The lowest BCUT2D eigenvalue weighted by molar-refractivity contribution is 0.600. The van der Waals surface area contributed by atoms with Gasteiger partial charge >= 0.3 is 0 Å². The van der Waals surface area contributed by atoms with Crippen molar-refractivity contribution in [2.24, 2.45) is 0 Å². The fraction of sp³-hybridized carbons (Fsp3) is 0.417. The Labute approximate surface area is 127 Å². The van der Waals surface area contributed by atoms with Crippen molar-refractivity contribution in [1.29, 1.82) is 0 Å². The van der Waals surface area contributed by atoms with Crippen molar-refractivity contribution in [3.8, 4) is 0 Å². The highest BCUT2D eigenvalue weighted by molar-refractivity contribution is 7.92. The Kier molecular flexibility index (Phi) is 4.86. The van der Waals surface area contributed by atoms with E-state index in [2.05, 4.69) is 25.2 Å². The van der Waals surface area contributed by atoms with Gasteiger partial charge in [-0.3, -0.25) is 0 Å². The first-order chi connectivity index (χ1) is 9.92. The molecule has 0 spiro atoms. The molecule has 2 aromatic rings. The normalized spacial score (nSPS) is 11.6. The minimum atomic E-state index is -3.68. The van der Waals surface area contributed by atoms with Crippen molar-refractivity contribution in [2.75, 3.05) is 11.3 Å². The van der Waals surface area contributed by atoms with E-state index in [1.807, 2.05) is 6.92 Å². The molecule has 0 atom stereocenters. The van der Waals surface area contributed by atoms with E-state index in [0.29, 0.717) is 17.9 Å². The first kappa shape index (κ1) is 15.8. The Morgan fingerprint density at radius 1 is 1.24 bits per heavy atom. The molecular weight excluding hydrogens is 310 g/mol. The summed E-state index contributed by atoms with van der Waals surface area (Å²) in [5.41, 5.74) is 1.31. The molecule has 0 unspecified atom stereocenters. The van der Waals surface area contributed by atoms with Gasteiger partial charge in [-0.25, -0.2) is 18.1 Å². The molecule has 114 valence electrons. The molecule has 2 aromatic heterocycles. The van der Waals surface area contributed by atoms with Gasteiger partial charge < -0.3 is 5.32 Å². The molecule has 0 radical (unpaired) electrons. The second kappa shape index (κ2) is 6.46. The SMILES string of the molecule is CCNCc1cc(S(=O)(=O)Nc2nnc(C)c(C)n2)cs1. The van der Waals surface area contributed by atoms with E-state index >= 15 is 0 Å². The van der Waals surface area contributed by atoms with E-state index in [1.54, 1.807) is 25.3 Å². The van der Waals surface area contributed by atoms with Gasteiger partial charge in [-0.05, 0) is 26.5 Å². The Morgan fingerprint density at radius 2 is 2.00 bits per heavy atom. The standard InChI is InChI=1S/C12H17N5O2S2/c1-4-13-6-10-5-11(7-20-10)21(18,19)17-12-14-8(2)9(3)15-16-12/h5,7,13H,4,6H2,1-3H3,(H,14,16,17). The van der Waals surface area contributed by atoms with Crippen molar-refractivity contribution in [3.63, 3.8) is 0 Å². The lowest BCUT2D eigenvalue weighted by atomic mass is 10.4. The van der Waals surface area contributed by atoms with E-state index < -0.39 is 10.0 Å². The molecule has 21 heavy (non-hydrogen) atoms. The molecule has 7 nitrogen and oxygen atoms in total. The minimum Gasteiger partial charge on any atom is -0.312 e. The number of nitrogens with one attached hydrogen (secondary N) is 2. The fourth-order valence-corrected chi connectivity index (χ4v) is 3.71. The summed E-state index contributed by atoms with van der Waals surface area (Å²) in [6.07, 6.45) is 0. The third kappa shape index (κ3) is 3.96. The fourth-order valence-electron chi connectivity index (χ4n) is 1.52. The molecule has 0 aliphatic carbocycles. The van der Waals surface area contributed by atoms with Crippen LogP contribution >= 0.6 is 11.3 Å². The van der Waals surface area contributed by atoms with Crippen molar-refractivity contribution in [1.82, 2.24) is 20.5 Å². The van der Waals surface area contributed by atoms with Crippen molar-refractivity contribution >= 4 is 27.3 Å². The quantitative estimate of drug-likeness (QED) is 0.834. The van der Waals surface area contributed by atoms with Crippen LogP contribution in [0.25, 0.3) is 0 Å². The smallest absolute Gasteiger partial charge is 0.265 e. The van der Waals surface area contributed by atoms with Gasteiger partial charge in [0, 0.05) is 16.8 Å². The summed E-state index contributed by atoms with van der Waals surface area (Å²) in [5.74, 6) is -0.0162. The Morgan fingerprint density at radius 3 is 2.67 bits per heavy atom. The first-order valence-corrected chi connectivity index (χ1v) is 8.77. The first-order valence-electron chi connectivity index (χ1n) is 6.41. The van der Waals surface area contributed by atoms with E-state index in [0.717, 1.165) is 11.4 Å². The summed E-state index contributed by atoms with van der Waals surface area (Å²) in [6, 6.07) is 1.64. The van der Waals surface area contributed by atoms with Gasteiger partial charge in [-0.2, -0.15) is 5.10 Å². The zero-order chi connectivity index (χ0) is 15.5. The largest absolute Gasteiger partial charge is 0.312 e. The highest BCUT2D eigenvalue weighted by Gasteiger charge is 2.18. The summed E-state index contributed by atoms with van der Waals surface area (Å²) in [4.78, 5) is 5.23. The molecule has 0 bridgehead atoms. The number of anilines is 1. The number of rotatable bonds is 6. The molecule has 2 heterocycles. The third-order valence-corrected chi connectivity index (χ3v) is 5.20. The summed E-state index contributed by atoms with van der Waals surface area (Å²) < 4.78 is 26.9. The van der Waals surface area contributed by atoms with Gasteiger partial charge in [-0.15, -0.1) is 16.4 Å². The highest BCUT2D eigenvalue weighted by Crippen LogP contribution is 2.21. The van der Waals surface area contributed by atoms with Gasteiger partial charge in [-0.1, -0.05) is 6.92 Å². The molecule has 0 saturated carbocycles. The van der Waals surface area contributed by atoms with Gasteiger partial charge in [0.15, 0.2) is 0 Å². The van der Waals surface area contributed by atoms with Crippen LogP contribution < -0.4 is 10.0 Å². The van der Waals surface area contributed by atoms with Crippen LogP contribution in [0, 0.1) is 13.8 Å². The molecular formula is C12H17N5O2S2. The van der Waals surface area contributed by atoms with E-state index in [9.17, 15) is 8.42 Å². The van der Waals surface area contributed by atoms with Crippen LogP contribution in [0.3, 0.4) is 0 Å². The average Bonchev–Trinajstić information content (AvgIpc) is 2.90. The third-order valence-electron chi connectivity index (χ3n) is 2.81. The molecule has 9 heteroatoms. The minimum absolute atomic E-state index is 0.0162. The summed E-state index contributed by atoms with van der Waals surface area (Å²) in [5, 5.41) is 12.4. The number of aromatic nitrogens is 3. The molecule has 0 aromatic carbocycles. The molecule has 0 saturated heterocycles. The predicted molar refractivity (Wildman–Crippen MR) is 81.8 cm³/mol. The molecule has 0 aliphatic rings. The van der Waals surface area contributed by atoms with Crippen molar-refractivity contribution < 1.29 is 8.42 Å². The Bertz CT molecular complexity index is 727. The number of sulfonamides is 1. The zero-order valence-electron chi connectivity index (χ0n) is 12.0.